The molecule has 0 bridgehead atoms. The summed E-state index contributed by atoms with van der Waals surface area (Å²) in [7, 11) is 1.62. The Morgan fingerprint density at radius 2 is 2.05 bits per heavy atom. The molecule has 0 radical (unpaired) electrons. The van der Waals surface area contributed by atoms with Crippen molar-refractivity contribution in [1.29, 1.82) is 0 Å². The van der Waals surface area contributed by atoms with E-state index in [0.717, 1.165) is 20.7 Å². The van der Waals surface area contributed by atoms with Gasteiger partial charge in [-0.15, -0.1) is 11.8 Å². The monoisotopic (exact) mass is 352 g/mol. The van der Waals surface area contributed by atoms with Crippen LogP contribution in [0.2, 0.25) is 0 Å². The number of carboxylic acids is 1. The highest BCUT2D eigenvalue weighted by molar-refractivity contribution is 9.10. The summed E-state index contributed by atoms with van der Waals surface area (Å²) in [6.07, 6.45) is 0. The number of hydrogen-bond acceptors (Lipinski definition) is 3. The number of halogens is 1. The normalized spacial score (nSPS) is 10.3. The van der Waals surface area contributed by atoms with Gasteiger partial charge in [0.1, 0.15) is 5.75 Å². The third-order valence-corrected chi connectivity index (χ3v) is 4.49. The van der Waals surface area contributed by atoms with Crippen LogP contribution in [0.4, 0.5) is 0 Å². The maximum absolute atomic E-state index is 11.1. The molecule has 0 spiro atoms. The number of carbonyl (C=O) groups is 1. The lowest BCUT2D eigenvalue weighted by molar-refractivity contribution is 0.0693. The lowest BCUT2D eigenvalue weighted by Gasteiger charge is -2.08. The summed E-state index contributed by atoms with van der Waals surface area (Å²) in [5.74, 6) is 0.584. The Labute approximate surface area is 130 Å². The zero-order chi connectivity index (χ0) is 14.5. The highest BCUT2D eigenvalue weighted by Crippen LogP contribution is 2.30. The lowest BCUT2D eigenvalue weighted by atomic mass is 10.2. The minimum absolute atomic E-state index is 0.338. The summed E-state index contributed by atoms with van der Waals surface area (Å²) < 4.78 is 6.08. The van der Waals surface area contributed by atoms with E-state index in [1.54, 1.807) is 19.2 Å². The van der Waals surface area contributed by atoms with Gasteiger partial charge < -0.3 is 9.84 Å². The zero-order valence-corrected chi connectivity index (χ0v) is 13.2. The van der Waals surface area contributed by atoms with Crippen LogP contribution in [-0.2, 0) is 5.75 Å². The molecule has 20 heavy (non-hydrogen) atoms. The van der Waals surface area contributed by atoms with Crippen molar-refractivity contribution in [3.05, 3.63) is 58.1 Å². The molecular formula is C15H13BrO3S. The molecular weight excluding hydrogens is 340 g/mol. The zero-order valence-electron chi connectivity index (χ0n) is 10.8. The first-order chi connectivity index (χ1) is 9.61. The van der Waals surface area contributed by atoms with Crippen LogP contribution in [0.25, 0.3) is 0 Å². The van der Waals surface area contributed by atoms with Crippen LogP contribution in [0.1, 0.15) is 15.9 Å². The second-order valence-corrected chi connectivity index (χ2v) is 5.93. The molecule has 0 aromatic heterocycles. The lowest BCUT2D eigenvalue weighted by Crippen LogP contribution is -1.98. The summed E-state index contributed by atoms with van der Waals surface area (Å²) in [6.45, 7) is 0. The van der Waals surface area contributed by atoms with Gasteiger partial charge in [0.15, 0.2) is 0 Å². The highest BCUT2D eigenvalue weighted by Gasteiger charge is 2.10. The van der Waals surface area contributed by atoms with Crippen LogP contribution < -0.4 is 4.74 Å². The molecule has 2 aromatic rings. The van der Waals surface area contributed by atoms with Gasteiger partial charge in [-0.05, 0) is 45.8 Å². The number of benzene rings is 2. The number of thioether (sulfide) groups is 1. The van der Waals surface area contributed by atoms with E-state index >= 15 is 0 Å². The van der Waals surface area contributed by atoms with E-state index in [0.29, 0.717) is 11.3 Å². The number of methoxy groups -OCH3 is 1. The van der Waals surface area contributed by atoms with E-state index in [-0.39, 0.29) is 0 Å². The van der Waals surface area contributed by atoms with Crippen molar-refractivity contribution in [3.63, 3.8) is 0 Å². The van der Waals surface area contributed by atoms with Gasteiger partial charge in [0.25, 0.3) is 0 Å². The predicted octanol–water partition coefficient (Wildman–Crippen LogP) is 4.45. The van der Waals surface area contributed by atoms with Gasteiger partial charge in [0, 0.05) is 10.6 Å². The smallest absolute Gasteiger partial charge is 0.336 e. The number of aromatic carboxylic acids is 1. The maximum Gasteiger partial charge on any atom is 0.336 e. The Morgan fingerprint density at radius 1 is 1.30 bits per heavy atom. The average Bonchev–Trinajstić information content (AvgIpc) is 2.45. The SMILES string of the molecule is COc1ccc(CSc2ccccc2C(=O)O)cc1Br. The third-order valence-electron chi connectivity index (χ3n) is 2.73. The second kappa shape index (κ2) is 6.81. The first kappa shape index (κ1) is 14.9. The molecule has 0 amide bonds. The quantitative estimate of drug-likeness (QED) is 0.807. The van der Waals surface area contributed by atoms with Crippen molar-refractivity contribution in [1.82, 2.24) is 0 Å². The molecule has 2 aromatic carbocycles. The fraction of sp³-hybridized carbons (Fsp3) is 0.133. The first-order valence-corrected chi connectivity index (χ1v) is 7.67. The van der Waals surface area contributed by atoms with Crippen molar-refractivity contribution in [2.75, 3.05) is 7.11 Å². The van der Waals surface area contributed by atoms with Crippen LogP contribution in [-0.4, -0.2) is 18.2 Å². The molecule has 0 aliphatic heterocycles. The van der Waals surface area contributed by atoms with Crippen LogP contribution in [0.5, 0.6) is 5.75 Å². The number of rotatable bonds is 5. The molecule has 0 aliphatic carbocycles. The largest absolute Gasteiger partial charge is 0.496 e. The van der Waals surface area contributed by atoms with Gasteiger partial charge in [0.05, 0.1) is 17.1 Å². The fourth-order valence-corrected chi connectivity index (χ4v) is 3.31. The summed E-state index contributed by atoms with van der Waals surface area (Å²) in [4.78, 5) is 11.9. The van der Waals surface area contributed by atoms with Crippen LogP contribution >= 0.6 is 27.7 Å². The van der Waals surface area contributed by atoms with Crippen molar-refractivity contribution in [2.45, 2.75) is 10.6 Å². The van der Waals surface area contributed by atoms with Crippen molar-refractivity contribution in [2.24, 2.45) is 0 Å². The number of carboxylic acid groups (broad SMARTS) is 1. The topological polar surface area (TPSA) is 46.5 Å². The van der Waals surface area contributed by atoms with Gasteiger partial charge in [0.2, 0.25) is 0 Å². The van der Waals surface area contributed by atoms with Gasteiger partial charge in [-0.25, -0.2) is 4.79 Å². The third kappa shape index (κ3) is 3.55. The minimum atomic E-state index is -0.899. The molecule has 0 aliphatic rings. The minimum Gasteiger partial charge on any atom is -0.496 e. The van der Waals surface area contributed by atoms with Crippen molar-refractivity contribution < 1.29 is 14.6 Å². The summed E-state index contributed by atoms with van der Waals surface area (Å²) >= 11 is 4.95. The van der Waals surface area contributed by atoms with Gasteiger partial charge in [-0.1, -0.05) is 18.2 Å². The standard InChI is InChI=1S/C15H13BrO3S/c1-19-13-7-6-10(8-12(13)16)9-20-14-5-3-2-4-11(14)15(17)18/h2-8H,9H2,1H3,(H,17,18). The summed E-state index contributed by atoms with van der Waals surface area (Å²) in [5.41, 5.74) is 1.44. The Bertz CT molecular complexity index is 628. The van der Waals surface area contributed by atoms with Crippen LogP contribution in [0.3, 0.4) is 0 Å². The van der Waals surface area contributed by atoms with E-state index in [9.17, 15) is 4.79 Å². The van der Waals surface area contributed by atoms with Crippen LogP contribution in [0.15, 0.2) is 51.8 Å². The Hall–Kier alpha value is -1.46. The summed E-state index contributed by atoms with van der Waals surface area (Å²) in [6, 6.07) is 12.9. The Morgan fingerprint density at radius 3 is 2.70 bits per heavy atom. The molecule has 0 saturated carbocycles. The Balaban J connectivity index is 2.13. The molecule has 3 nitrogen and oxygen atoms in total. The fourth-order valence-electron chi connectivity index (χ4n) is 1.73. The van der Waals surface area contributed by atoms with E-state index in [1.165, 1.54) is 11.8 Å². The summed E-state index contributed by atoms with van der Waals surface area (Å²) in [5, 5.41) is 9.14. The molecule has 0 unspecified atom stereocenters. The molecule has 0 atom stereocenters. The maximum atomic E-state index is 11.1. The van der Waals surface area contributed by atoms with Crippen molar-refractivity contribution >= 4 is 33.7 Å². The van der Waals surface area contributed by atoms with Crippen LogP contribution in [0, 0.1) is 0 Å². The Kier molecular flexibility index (Phi) is 5.09. The number of hydrogen-bond donors (Lipinski definition) is 1. The van der Waals surface area contributed by atoms with E-state index < -0.39 is 5.97 Å². The molecule has 0 fully saturated rings. The van der Waals surface area contributed by atoms with Gasteiger partial charge >= 0.3 is 5.97 Å². The predicted molar refractivity (Wildman–Crippen MR) is 83.7 cm³/mol. The molecule has 104 valence electrons. The van der Waals surface area contributed by atoms with Crippen molar-refractivity contribution in [3.8, 4) is 5.75 Å². The molecule has 5 heteroatoms. The molecule has 2 rings (SSSR count). The van der Waals surface area contributed by atoms with E-state index in [2.05, 4.69) is 15.9 Å². The molecule has 1 N–H and O–H groups in total. The van der Waals surface area contributed by atoms with Gasteiger partial charge in [-0.3, -0.25) is 0 Å². The van der Waals surface area contributed by atoms with Gasteiger partial charge in [-0.2, -0.15) is 0 Å². The first-order valence-electron chi connectivity index (χ1n) is 5.89. The van der Waals surface area contributed by atoms with E-state index in [4.69, 9.17) is 9.84 Å². The highest BCUT2D eigenvalue weighted by atomic mass is 79.9. The number of ether oxygens (including phenoxy) is 1. The molecule has 0 saturated heterocycles. The second-order valence-electron chi connectivity index (χ2n) is 4.06. The van der Waals surface area contributed by atoms with E-state index in [1.807, 2.05) is 30.3 Å². The average molecular weight is 353 g/mol. The molecule has 0 heterocycles.